The Balaban J connectivity index is 2.00. The third kappa shape index (κ3) is 4.63. The second-order valence-corrected chi connectivity index (χ2v) is 5.91. The Morgan fingerprint density at radius 2 is 1.83 bits per heavy atom. The highest BCUT2D eigenvalue weighted by Crippen LogP contribution is 2.15. The number of nitro groups is 1. The van der Waals surface area contributed by atoms with E-state index in [1.54, 1.807) is 24.3 Å². The Hall–Kier alpha value is -2.74. The maximum atomic E-state index is 12.1. The van der Waals surface area contributed by atoms with Crippen LogP contribution < -0.4 is 10.6 Å². The second-order valence-electron chi connectivity index (χ2n) is 5.00. The molecule has 0 fully saturated rings. The number of nitrogens with zero attached hydrogens (tertiary/aromatic N) is 1. The molecule has 0 radical (unpaired) electrons. The predicted octanol–water partition coefficient (Wildman–Crippen LogP) is 3.11. The van der Waals surface area contributed by atoms with Crippen molar-refractivity contribution in [1.82, 2.24) is 5.32 Å². The molecule has 2 N–H and O–H groups in total. The van der Waals surface area contributed by atoms with Crippen molar-refractivity contribution < 1.29 is 14.5 Å². The number of rotatable bonds is 5. The summed E-state index contributed by atoms with van der Waals surface area (Å²) in [4.78, 5) is 34.4. The molecule has 0 aliphatic rings. The van der Waals surface area contributed by atoms with Gasteiger partial charge in [-0.1, -0.05) is 22.0 Å². The zero-order chi connectivity index (χ0) is 17.7. The van der Waals surface area contributed by atoms with E-state index in [4.69, 9.17) is 0 Å². The van der Waals surface area contributed by atoms with Gasteiger partial charge in [0.2, 0.25) is 5.91 Å². The third-order valence-electron chi connectivity index (χ3n) is 3.17. The van der Waals surface area contributed by atoms with Crippen molar-refractivity contribution in [3.8, 4) is 0 Å². The number of carbonyl (C=O) groups is 2. The van der Waals surface area contributed by atoms with Gasteiger partial charge in [0, 0.05) is 27.9 Å². The lowest BCUT2D eigenvalue weighted by molar-refractivity contribution is -0.384. The van der Waals surface area contributed by atoms with E-state index in [1.165, 1.54) is 25.1 Å². The van der Waals surface area contributed by atoms with Gasteiger partial charge in [-0.3, -0.25) is 19.7 Å². The standard InChI is InChI=1S/C16H14BrN3O4/c1-10(15(21)19-13-7-5-12(17)6-8-13)18-16(22)11-3-2-4-14(9-11)20(23)24/h2-10H,1H3,(H,18,22)(H,19,21)/t10-/m0/s1. The molecule has 7 nitrogen and oxygen atoms in total. The molecule has 24 heavy (non-hydrogen) atoms. The van der Waals surface area contributed by atoms with Crippen LogP contribution in [0.15, 0.2) is 53.0 Å². The predicted molar refractivity (Wildman–Crippen MR) is 92.8 cm³/mol. The van der Waals surface area contributed by atoms with Crippen LogP contribution in [-0.4, -0.2) is 22.8 Å². The first-order valence-electron chi connectivity index (χ1n) is 6.98. The number of carbonyl (C=O) groups excluding carboxylic acids is 2. The molecule has 0 aromatic heterocycles. The van der Waals surface area contributed by atoms with Crippen LogP contribution in [0.2, 0.25) is 0 Å². The molecule has 0 spiro atoms. The van der Waals surface area contributed by atoms with Crippen molar-refractivity contribution in [3.05, 3.63) is 68.7 Å². The zero-order valence-electron chi connectivity index (χ0n) is 12.7. The van der Waals surface area contributed by atoms with Crippen molar-refractivity contribution >= 4 is 39.1 Å². The van der Waals surface area contributed by atoms with Gasteiger partial charge in [0.05, 0.1) is 4.92 Å². The molecule has 124 valence electrons. The number of nitro benzene ring substituents is 1. The van der Waals surface area contributed by atoms with Crippen LogP contribution in [0.4, 0.5) is 11.4 Å². The summed E-state index contributed by atoms with van der Waals surface area (Å²) >= 11 is 3.30. The highest BCUT2D eigenvalue weighted by Gasteiger charge is 2.18. The topological polar surface area (TPSA) is 101 Å². The largest absolute Gasteiger partial charge is 0.341 e. The highest BCUT2D eigenvalue weighted by atomic mass is 79.9. The van der Waals surface area contributed by atoms with Crippen molar-refractivity contribution in [2.75, 3.05) is 5.32 Å². The van der Waals surface area contributed by atoms with Crippen LogP contribution in [0.5, 0.6) is 0 Å². The van der Waals surface area contributed by atoms with E-state index in [0.29, 0.717) is 5.69 Å². The van der Waals surface area contributed by atoms with E-state index < -0.39 is 22.8 Å². The van der Waals surface area contributed by atoms with E-state index >= 15 is 0 Å². The molecule has 1 atom stereocenters. The van der Waals surface area contributed by atoms with Crippen LogP contribution in [-0.2, 0) is 4.79 Å². The van der Waals surface area contributed by atoms with Gasteiger partial charge in [0.15, 0.2) is 0 Å². The third-order valence-corrected chi connectivity index (χ3v) is 3.70. The number of nitrogens with one attached hydrogen (secondary N) is 2. The van der Waals surface area contributed by atoms with E-state index in [1.807, 2.05) is 0 Å². The number of anilines is 1. The monoisotopic (exact) mass is 391 g/mol. The summed E-state index contributed by atoms with van der Waals surface area (Å²) in [6.45, 7) is 1.53. The fourth-order valence-electron chi connectivity index (χ4n) is 1.89. The Labute approximate surface area is 146 Å². The normalized spacial score (nSPS) is 11.4. The molecule has 0 heterocycles. The summed E-state index contributed by atoms with van der Waals surface area (Å²) < 4.78 is 0.882. The highest BCUT2D eigenvalue weighted by molar-refractivity contribution is 9.10. The first-order chi connectivity index (χ1) is 11.4. The minimum atomic E-state index is -0.805. The average molecular weight is 392 g/mol. The summed E-state index contributed by atoms with van der Waals surface area (Å²) in [5.74, 6) is -0.951. The SMILES string of the molecule is C[C@H](NC(=O)c1cccc([N+](=O)[O-])c1)C(=O)Nc1ccc(Br)cc1. The fraction of sp³-hybridized carbons (Fsp3) is 0.125. The van der Waals surface area contributed by atoms with Gasteiger partial charge >= 0.3 is 0 Å². The lowest BCUT2D eigenvalue weighted by atomic mass is 10.1. The van der Waals surface area contributed by atoms with Gasteiger partial charge in [-0.25, -0.2) is 0 Å². The number of hydrogen-bond donors (Lipinski definition) is 2. The summed E-state index contributed by atoms with van der Waals surface area (Å²) in [6, 6.07) is 11.5. The van der Waals surface area contributed by atoms with Crippen LogP contribution in [0.3, 0.4) is 0 Å². The van der Waals surface area contributed by atoms with E-state index in [9.17, 15) is 19.7 Å². The van der Waals surface area contributed by atoms with Crippen LogP contribution in [0, 0.1) is 10.1 Å². The van der Waals surface area contributed by atoms with Crippen LogP contribution in [0.25, 0.3) is 0 Å². The smallest absolute Gasteiger partial charge is 0.270 e. The number of non-ortho nitro benzene ring substituents is 1. The van der Waals surface area contributed by atoms with E-state index in [0.717, 1.165) is 10.5 Å². The molecule has 0 aliphatic carbocycles. The fourth-order valence-corrected chi connectivity index (χ4v) is 2.15. The van der Waals surface area contributed by atoms with Crippen molar-refractivity contribution in [1.29, 1.82) is 0 Å². The number of benzene rings is 2. The molecule has 2 aromatic rings. The van der Waals surface area contributed by atoms with Crippen LogP contribution >= 0.6 is 15.9 Å². The Morgan fingerprint density at radius 3 is 2.46 bits per heavy atom. The molecule has 0 aliphatic heterocycles. The van der Waals surface area contributed by atoms with E-state index in [-0.39, 0.29) is 11.3 Å². The van der Waals surface area contributed by atoms with E-state index in [2.05, 4.69) is 26.6 Å². The molecule has 0 saturated carbocycles. The summed E-state index contributed by atoms with van der Waals surface area (Å²) in [5.41, 5.74) is 0.529. The molecular formula is C16H14BrN3O4. The van der Waals surface area contributed by atoms with Gasteiger partial charge < -0.3 is 10.6 Å². The molecule has 8 heteroatoms. The second kappa shape index (κ2) is 7.69. The van der Waals surface area contributed by atoms with Gasteiger partial charge in [-0.2, -0.15) is 0 Å². The lowest BCUT2D eigenvalue weighted by Gasteiger charge is -2.14. The molecule has 0 saturated heterocycles. The molecular weight excluding hydrogens is 378 g/mol. The first-order valence-corrected chi connectivity index (χ1v) is 7.78. The van der Waals surface area contributed by atoms with Crippen molar-refractivity contribution in [2.24, 2.45) is 0 Å². The number of hydrogen-bond acceptors (Lipinski definition) is 4. The van der Waals surface area contributed by atoms with Crippen molar-refractivity contribution in [2.45, 2.75) is 13.0 Å². The Kier molecular flexibility index (Phi) is 5.64. The summed E-state index contributed by atoms with van der Waals surface area (Å²) in [5, 5.41) is 15.9. The maximum absolute atomic E-state index is 12.1. The van der Waals surface area contributed by atoms with Gasteiger partial charge in [0.1, 0.15) is 6.04 Å². The Morgan fingerprint density at radius 1 is 1.17 bits per heavy atom. The summed E-state index contributed by atoms with van der Waals surface area (Å²) in [7, 11) is 0. The molecule has 2 rings (SSSR count). The summed E-state index contributed by atoms with van der Waals surface area (Å²) in [6.07, 6.45) is 0. The average Bonchev–Trinajstić information content (AvgIpc) is 2.56. The molecule has 0 unspecified atom stereocenters. The quantitative estimate of drug-likeness (QED) is 0.603. The van der Waals surface area contributed by atoms with Crippen molar-refractivity contribution in [3.63, 3.8) is 0 Å². The number of halogens is 1. The van der Waals surface area contributed by atoms with Gasteiger partial charge in [-0.05, 0) is 37.3 Å². The first kappa shape index (κ1) is 17.6. The van der Waals surface area contributed by atoms with Gasteiger partial charge in [0.25, 0.3) is 11.6 Å². The zero-order valence-corrected chi connectivity index (χ0v) is 14.2. The lowest BCUT2D eigenvalue weighted by Crippen LogP contribution is -2.41. The molecule has 0 bridgehead atoms. The molecule has 2 amide bonds. The minimum Gasteiger partial charge on any atom is -0.341 e. The van der Waals surface area contributed by atoms with Gasteiger partial charge in [-0.15, -0.1) is 0 Å². The minimum absolute atomic E-state index is 0.118. The Bertz CT molecular complexity index is 777. The number of amides is 2. The van der Waals surface area contributed by atoms with Crippen LogP contribution in [0.1, 0.15) is 17.3 Å². The maximum Gasteiger partial charge on any atom is 0.270 e. The molecule has 2 aromatic carbocycles.